The largest absolute Gasteiger partial charge is 0.494 e. The first kappa shape index (κ1) is 23.5. The van der Waals surface area contributed by atoms with Crippen LogP contribution in [0.1, 0.15) is 35.6 Å². The van der Waals surface area contributed by atoms with Crippen LogP contribution in [0, 0.1) is 0 Å². The van der Waals surface area contributed by atoms with E-state index in [9.17, 15) is 5.11 Å². The van der Waals surface area contributed by atoms with E-state index in [1.165, 1.54) is 27.8 Å². The van der Waals surface area contributed by atoms with Crippen LogP contribution in [0.25, 0.3) is 11.1 Å². The molecule has 1 atom stereocenters. The van der Waals surface area contributed by atoms with Gasteiger partial charge in [-0.05, 0) is 64.1 Å². The summed E-state index contributed by atoms with van der Waals surface area (Å²) < 4.78 is 11.6. The number of hydrogen-bond donors (Lipinski definition) is 1. The molecule has 5 rings (SSSR count). The van der Waals surface area contributed by atoms with E-state index in [-0.39, 0.29) is 12.5 Å². The molecule has 1 aliphatic rings. The minimum Gasteiger partial charge on any atom is -0.494 e. The number of ether oxygens (including phenoxy) is 2. The molecule has 4 aromatic carbocycles. The molecule has 1 unspecified atom stereocenters. The van der Waals surface area contributed by atoms with Crippen LogP contribution < -0.4 is 9.47 Å². The number of aliphatic hydroxyl groups is 1. The molecule has 0 saturated heterocycles. The van der Waals surface area contributed by atoms with Gasteiger partial charge in [-0.25, -0.2) is 0 Å². The number of fused-ring (bicyclic) bond motifs is 3. The van der Waals surface area contributed by atoms with Crippen LogP contribution in [-0.2, 0) is 5.41 Å². The van der Waals surface area contributed by atoms with Crippen molar-refractivity contribution in [3.05, 3.63) is 119 Å². The summed E-state index contributed by atoms with van der Waals surface area (Å²) in [5.74, 6) is 1.73. The predicted octanol–water partition coefficient (Wildman–Crippen LogP) is 6.82. The average Bonchev–Trinajstić information content (AvgIpc) is 3.22. The molecule has 0 bridgehead atoms. The molecule has 4 heteroatoms. The van der Waals surface area contributed by atoms with Gasteiger partial charge in [-0.1, -0.05) is 79.7 Å². The molecule has 0 heterocycles. The van der Waals surface area contributed by atoms with E-state index in [4.69, 9.17) is 21.1 Å². The van der Waals surface area contributed by atoms with Crippen molar-refractivity contribution < 1.29 is 14.6 Å². The van der Waals surface area contributed by atoms with Gasteiger partial charge in [0.1, 0.15) is 24.2 Å². The molecule has 0 aliphatic heterocycles. The van der Waals surface area contributed by atoms with E-state index in [2.05, 4.69) is 91.9 Å². The number of rotatable bonds is 9. The van der Waals surface area contributed by atoms with Gasteiger partial charge in [0, 0.05) is 0 Å². The fourth-order valence-corrected chi connectivity index (χ4v) is 5.17. The Labute approximate surface area is 211 Å². The molecule has 0 spiro atoms. The summed E-state index contributed by atoms with van der Waals surface area (Å²) in [5.41, 5.74) is 6.89. The van der Waals surface area contributed by atoms with Crippen LogP contribution in [-0.4, -0.2) is 30.3 Å². The van der Waals surface area contributed by atoms with E-state index >= 15 is 0 Å². The number of benzene rings is 4. The SMILES string of the molecule is CCCOc1ccc(C2(c3ccc(OCC(O)CCl)cc3)c3ccccc3-c3ccccc32)cc1. The average molecular weight is 485 g/mol. The van der Waals surface area contributed by atoms with Gasteiger partial charge in [0.2, 0.25) is 0 Å². The Morgan fingerprint density at radius 2 is 1.20 bits per heavy atom. The van der Waals surface area contributed by atoms with Crippen molar-refractivity contribution in [3.8, 4) is 22.6 Å². The van der Waals surface area contributed by atoms with Crippen molar-refractivity contribution in [2.24, 2.45) is 0 Å². The fraction of sp³-hybridized carbons (Fsp3) is 0.226. The molecule has 1 N–H and O–H groups in total. The monoisotopic (exact) mass is 484 g/mol. The molecule has 3 nitrogen and oxygen atoms in total. The second kappa shape index (κ2) is 10.2. The maximum absolute atomic E-state index is 9.76. The Kier molecular flexibility index (Phi) is 6.81. The summed E-state index contributed by atoms with van der Waals surface area (Å²) in [5, 5.41) is 9.76. The predicted molar refractivity (Wildman–Crippen MR) is 142 cm³/mol. The van der Waals surface area contributed by atoms with E-state index in [0.29, 0.717) is 12.4 Å². The molecule has 178 valence electrons. The second-order valence-corrected chi connectivity index (χ2v) is 9.17. The molecule has 0 amide bonds. The smallest absolute Gasteiger partial charge is 0.119 e. The van der Waals surface area contributed by atoms with Crippen molar-refractivity contribution in [1.29, 1.82) is 0 Å². The zero-order chi connectivity index (χ0) is 24.3. The van der Waals surface area contributed by atoms with Gasteiger partial charge in [0.15, 0.2) is 0 Å². The molecular weight excluding hydrogens is 456 g/mol. The second-order valence-electron chi connectivity index (χ2n) is 8.86. The van der Waals surface area contributed by atoms with Crippen LogP contribution in [0.2, 0.25) is 0 Å². The Hall–Kier alpha value is -3.27. The van der Waals surface area contributed by atoms with Crippen LogP contribution in [0.4, 0.5) is 0 Å². The summed E-state index contributed by atoms with van der Waals surface area (Å²) in [7, 11) is 0. The van der Waals surface area contributed by atoms with E-state index < -0.39 is 11.5 Å². The highest BCUT2D eigenvalue weighted by atomic mass is 35.5. The molecule has 35 heavy (non-hydrogen) atoms. The lowest BCUT2D eigenvalue weighted by Crippen LogP contribution is -2.28. The first-order valence-electron chi connectivity index (χ1n) is 12.1. The highest BCUT2D eigenvalue weighted by Crippen LogP contribution is 2.56. The van der Waals surface area contributed by atoms with Gasteiger partial charge in [0.25, 0.3) is 0 Å². The summed E-state index contributed by atoms with van der Waals surface area (Å²) >= 11 is 5.71. The highest BCUT2D eigenvalue weighted by molar-refractivity contribution is 6.18. The summed E-state index contributed by atoms with van der Waals surface area (Å²) in [6.45, 7) is 2.98. The van der Waals surface area contributed by atoms with E-state index in [1.54, 1.807) is 0 Å². The lowest BCUT2D eigenvalue weighted by Gasteiger charge is -2.34. The molecule has 0 aromatic heterocycles. The Morgan fingerprint density at radius 1 is 0.714 bits per heavy atom. The highest BCUT2D eigenvalue weighted by Gasteiger charge is 2.45. The van der Waals surface area contributed by atoms with Crippen molar-refractivity contribution in [1.82, 2.24) is 0 Å². The first-order chi connectivity index (χ1) is 17.2. The van der Waals surface area contributed by atoms with Gasteiger partial charge in [-0.3, -0.25) is 0 Å². The molecule has 4 aromatic rings. The molecule has 0 saturated carbocycles. The van der Waals surface area contributed by atoms with Crippen LogP contribution in [0.15, 0.2) is 97.1 Å². The van der Waals surface area contributed by atoms with Gasteiger partial charge >= 0.3 is 0 Å². The van der Waals surface area contributed by atoms with Crippen LogP contribution in [0.5, 0.6) is 11.5 Å². The van der Waals surface area contributed by atoms with Crippen LogP contribution >= 0.6 is 11.6 Å². The van der Waals surface area contributed by atoms with Gasteiger partial charge in [0.05, 0.1) is 17.9 Å². The van der Waals surface area contributed by atoms with Crippen molar-refractivity contribution >= 4 is 11.6 Å². The third-order valence-corrected chi connectivity index (χ3v) is 6.98. The minimum absolute atomic E-state index is 0.146. The first-order valence-corrected chi connectivity index (χ1v) is 12.6. The summed E-state index contributed by atoms with van der Waals surface area (Å²) in [6.07, 6.45) is 0.285. The number of halogens is 1. The zero-order valence-corrected chi connectivity index (χ0v) is 20.5. The van der Waals surface area contributed by atoms with Crippen molar-refractivity contribution in [2.75, 3.05) is 19.1 Å². The molecule has 0 fully saturated rings. The molecular formula is C31H29ClO3. The fourth-order valence-electron chi connectivity index (χ4n) is 5.08. The third-order valence-electron chi connectivity index (χ3n) is 6.62. The lowest BCUT2D eigenvalue weighted by molar-refractivity contribution is 0.125. The maximum Gasteiger partial charge on any atom is 0.119 e. The lowest BCUT2D eigenvalue weighted by atomic mass is 9.68. The standard InChI is InChI=1S/C31H29ClO3/c1-2-19-34-25-15-11-22(12-16-25)31(23-13-17-26(18-14-23)35-21-24(33)20-32)29-9-5-3-7-27(29)28-8-4-6-10-30(28)31/h3-18,24,33H,2,19-21H2,1H3. The molecule has 0 radical (unpaired) electrons. The zero-order valence-electron chi connectivity index (χ0n) is 19.8. The normalized spacial score (nSPS) is 14.1. The quantitative estimate of drug-likeness (QED) is 0.233. The van der Waals surface area contributed by atoms with Crippen molar-refractivity contribution in [2.45, 2.75) is 24.9 Å². The molecule has 1 aliphatic carbocycles. The van der Waals surface area contributed by atoms with Gasteiger partial charge in [-0.15, -0.1) is 11.6 Å². The Bertz CT molecular complexity index is 1240. The van der Waals surface area contributed by atoms with Crippen LogP contribution in [0.3, 0.4) is 0 Å². The number of alkyl halides is 1. The van der Waals surface area contributed by atoms with Gasteiger partial charge in [-0.2, -0.15) is 0 Å². The number of hydrogen-bond acceptors (Lipinski definition) is 3. The Morgan fingerprint density at radius 3 is 1.69 bits per heavy atom. The summed E-state index contributed by atoms with van der Waals surface area (Å²) in [4.78, 5) is 0. The maximum atomic E-state index is 9.76. The van der Waals surface area contributed by atoms with E-state index in [0.717, 1.165) is 17.7 Å². The summed E-state index contributed by atoms with van der Waals surface area (Å²) in [6, 6.07) is 34.0. The van der Waals surface area contributed by atoms with Gasteiger partial charge < -0.3 is 14.6 Å². The number of aliphatic hydroxyl groups excluding tert-OH is 1. The minimum atomic E-state index is -0.690. The van der Waals surface area contributed by atoms with E-state index in [1.807, 2.05) is 12.1 Å². The Balaban J connectivity index is 1.66. The van der Waals surface area contributed by atoms with Crippen molar-refractivity contribution in [3.63, 3.8) is 0 Å². The topological polar surface area (TPSA) is 38.7 Å². The third kappa shape index (κ3) is 4.20.